The van der Waals surface area contributed by atoms with Crippen LogP contribution in [0.2, 0.25) is 0 Å². The Morgan fingerprint density at radius 1 is 1.03 bits per heavy atom. The number of dihydropyridines is 1. The van der Waals surface area contributed by atoms with Crippen LogP contribution in [0.15, 0.2) is 110 Å². The molecule has 1 N–H and O–H groups in total. The van der Waals surface area contributed by atoms with Gasteiger partial charge in [-0.3, -0.25) is 9.59 Å². The van der Waals surface area contributed by atoms with Crippen molar-refractivity contribution in [2.45, 2.75) is 38.2 Å². The largest absolute Gasteiger partial charge is 0.464 e. The average Bonchev–Trinajstić information content (AvgIpc) is 3.47. The van der Waals surface area contributed by atoms with Crippen LogP contribution in [0.3, 0.4) is 0 Å². The maximum Gasteiger partial charge on any atom is 0.337 e. The number of thiophene rings is 1. The molecule has 0 radical (unpaired) electrons. The number of benzene rings is 2. The molecule has 4 aromatic rings. The molecule has 2 aromatic heterocycles. The molecule has 2 aromatic carbocycles. The van der Waals surface area contributed by atoms with Crippen molar-refractivity contribution in [2.75, 3.05) is 0 Å². The summed E-state index contributed by atoms with van der Waals surface area (Å²) < 4.78 is 11.5. The van der Waals surface area contributed by atoms with Crippen LogP contribution < -0.4 is 10.7 Å². The Morgan fingerprint density at radius 3 is 2.61 bits per heavy atom. The normalized spacial score (nSPS) is 19.3. The van der Waals surface area contributed by atoms with Gasteiger partial charge in [0.05, 0.1) is 23.1 Å². The van der Waals surface area contributed by atoms with Crippen LogP contribution in [0.25, 0.3) is 11.0 Å². The highest BCUT2D eigenvalue weighted by Gasteiger charge is 2.43. The van der Waals surface area contributed by atoms with E-state index in [1.807, 2.05) is 47.8 Å². The first kappa shape index (κ1) is 24.1. The molecule has 2 aliphatic rings. The Labute approximate surface area is 223 Å². The van der Waals surface area contributed by atoms with Crippen LogP contribution in [0.1, 0.15) is 47.6 Å². The smallest absolute Gasteiger partial charge is 0.337 e. The van der Waals surface area contributed by atoms with Crippen LogP contribution in [0.4, 0.5) is 0 Å². The monoisotopic (exact) mass is 523 g/mol. The molecule has 1 aliphatic heterocycles. The van der Waals surface area contributed by atoms with E-state index in [2.05, 4.69) is 5.32 Å². The predicted molar refractivity (Wildman–Crippen MR) is 146 cm³/mol. The van der Waals surface area contributed by atoms with E-state index < -0.39 is 11.9 Å². The third-order valence-corrected chi connectivity index (χ3v) is 8.26. The predicted octanol–water partition coefficient (Wildman–Crippen LogP) is 5.96. The summed E-state index contributed by atoms with van der Waals surface area (Å²) in [4.78, 5) is 42.2. The molecule has 6 nitrogen and oxygen atoms in total. The molecule has 7 heteroatoms. The van der Waals surface area contributed by atoms with Gasteiger partial charge >= 0.3 is 5.97 Å². The van der Waals surface area contributed by atoms with E-state index in [0.717, 1.165) is 16.1 Å². The van der Waals surface area contributed by atoms with Crippen molar-refractivity contribution >= 4 is 34.1 Å². The number of nitrogens with one attached hydrogen (secondary N) is 1. The fourth-order valence-electron chi connectivity index (χ4n) is 5.44. The number of carbonyl (C=O) groups is 2. The minimum atomic E-state index is -0.882. The summed E-state index contributed by atoms with van der Waals surface area (Å²) in [6.45, 7) is 1.87. The number of hydrogen-bond donors (Lipinski definition) is 1. The average molecular weight is 524 g/mol. The van der Waals surface area contributed by atoms with Crippen LogP contribution in [0, 0.1) is 0 Å². The molecule has 3 heterocycles. The maximum atomic E-state index is 13.7. The van der Waals surface area contributed by atoms with Crippen LogP contribution in [0.5, 0.6) is 0 Å². The summed E-state index contributed by atoms with van der Waals surface area (Å²) in [6, 6.07) is 20.4. The summed E-state index contributed by atoms with van der Waals surface area (Å²) >= 11 is 1.63. The van der Waals surface area contributed by atoms with Crippen molar-refractivity contribution in [3.8, 4) is 0 Å². The lowest BCUT2D eigenvalue weighted by atomic mass is 9.73. The number of ether oxygens (including phenoxy) is 1. The van der Waals surface area contributed by atoms with Crippen LogP contribution in [-0.2, 0) is 20.9 Å². The van der Waals surface area contributed by atoms with Gasteiger partial charge in [-0.2, -0.15) is 0 Å². The van der Waals surface area contributed by atoms with Crippen LogP contribution in [-0.4, -0.2) is 11.8 Å². The fourth-order valence-corrected chi connectivity index (χ4v) is 6.27. The molecule has 0 fully saturated rings. The third-order valence-electron chi connectivity index (χ3n) is 7.22. The first-order valence-electron chi connectivity index (χ1n) is 12.5. The molecule has 0 bridgehead atoms. The molecule has 0 unspecified atom stereocenters. The molecule has 190 valence electrons. The van der Waals surface area contributed by atoms with Gasteiger partial charge in [0.15, 0.2) is 11.2 Å². The molecule has 1 aliphatic carbocycles. The second-order valence-corrected chi connectivity index (χ2v) is 10.6. The van der Waals surface area contributed by atoms with Gasteiger partial charge in [0, 0.05) is 39.7 Å². The molecular weight excluding hydrogens is 498 g/mol. The zero-order chi connectivity index (χ0) is 26.2. The number of Topliss-reactive ketones (excluding diaryl/α,β-unsaturated/α-hetero) is 1. The first-order valence-corrected chi connectivity index (χ1v) is 13.4. The van der Waals surface area contributed by atoms with E-state index in [4.69, 9.17) is 9.15 Å². The molecule has 0 spiro atoms. The summed E-state index contributed by atoms with van der Waals surface area (Å²) in [5.74, 6) is -1.50. The Hall–Kier alpha value is -4.23. The molecular formula is C31H25NO5S. The summed E-state index contributed by atoms with van der Waals surface area (Å²) in [7, 11) is 0. The highest BCUT2D eigenvalue weighted by Crippen LogP contribution is 2.46. The number of allylic oxidation sites excluding steroid dienone is 3. The molecule has 0 saturated heterocycles. The molecule has 38 heavy (non-hydrogen) atoms. The Kier molecular flexibility index (Phi) is 6.29. The second kappa shape index (κ2) is 9.91. The quantitative estimate of drug-likeness (QED) is 0.325. The van der Waals surface area contributed by atoms with Gasteiger partial charge in [-0.1, -0.05) is 48.5 Å². The molecule has 2 atom stereocenters. The van der Waals surface area contributed by atoms with E-state index >= 15 is 0 Å². The van der Waals surface area contributed by atoms with Gasteiger partial charge in [0.25, 0.3) is 0 Å². The van der Waals surface area contributed by atoms with Gasteiger partial charge in [0.2, 0.25) is 0 Å². The van der Waals surface area contributed by atoms with Gasteiger partial charge < -0.3 is 14.5 Å². The van der Waals surface area contributed by atoms with Gasteiger partial charge in [0.1, 0.15) is 12.2 Å². The van der Waals surface area contributed by atoms with Crippen LogP contribution >= 0.6 is 11.3 Å². The van der Waals surface area contributed by atoms with Crippen molar-refractivity contribution in [2.24, 2.45) is 0 Å². The number of ketones is 1. The molecule has 0 saturated carbocycles. The molecule has 0 amide bonds. The summed E-state index contributed by atoms with van der Waals surface area (Å²) in [5.41, 5.74) is 3.30. The topological polar surface area (TPSA) is 85.6 Å². The Balaban J connectivity index is 1.45. The highest BCUT2D eigenvalue weighted by molar-refractivity contribution is 7.10. The number of hydrogen-bond acceptors (Lipinski definition) is 7. The van der Waals surface area contributed by atoms with Crippen molar-refractivity contribution in [1.29, 1.82) is 0 Å². The number of rotatable bonds is 5. The standard InChI is InChI=1S/C31H25NO5S/c1-18-27(31(35)37-16-19-8-3-2-4-9-19)28(22-17-36-25-11-6-5-10-21(25)30(22)34)29-23(32-18)14-20(15-24(29)33)26-12-7-13-38-26/h2-13,17,20,28,32H,14-16H2,1H3/t20-,28-/m0/s1. The second-order valence-electron chi connectivity index (χ2n) is 9.61. The Bertz CT molecular complexity index is 1660. The highest BCUT2D eigenvalue weighted by atomic mass is 32.1. The first-order chi connectivity index (χ1) is 18.5. The van der Waals surface area contributed by atoms with Gasteiger partial charge in [-0.25, -0.2) is 4.79 Å². The fraction of sp³-hybridized carbons (Fsp3) is 0.194. The van der Waals surface area contributed by atoms with Gasteiger partial charge in [-0.05, 0) is 42.5 Å². The lowest BCUT2D eigenvalue weighted by molar-refractivity contribution is -0.140. The maximum absolute atomic E-state index is 13.7. The van der Waals surface area contributed by atoms with E-state index in [9.17, 15) is 14.4 Å². The SMILES string of the molecule is CC1=C(C(=O)OCc2ccccc2)[C@H](c2coc3ccccc3c2=O)C2=C(C[C@H](c3cccs3)CC2=O)N1. The Morgan fingerprint density at radius 2 is 1.82 bits per heavy atom. The lowest BCUT2D eigenvalue weighted by Gasteiger charge is -2.36. The van der Waals surface area contributed by atoms with Gasteiger partial charge in [-0.15, -0.1) is 11.3 Å². The van der Waals surface area contributed by atoms with E-state index in [1.165, 1.54) is 6.26 Å². The number of fused-ring (bicyclic) bond motifs is 1. The number of esters is 1. The summed E-state index contributed by atoms with van der Waals surface area (Å²) in [6.07, 6.45) is 2.31. The van der Waals surface area contributed by atoms with Crippen molar-refractivity contribution in [3.05, 3.63) is 127 Å². The minimum absolute atomic E-state index is 0.0433. The zero-order valence-corrected chi connectivity index (χ0v) is 21.5. The van der Waals surface area contributed by atoms with Crippen molar-refractivity contribution in [3.63, 3.8) is 0 Å². The zero-order valence-electron chi connectivity index (χ0n) is 20.7. The minimum Gasteiger partial charge on any atom is -0.464 e. The van der Waals surface area contributed by atoms with E-state index in [1.54, 1.807) is 42.5 Å². The van der Waals surface area contributed by atoms with E-state index in [0.29, 0.717) is 35.1 Å². The third kappa shape index (κ3) is 4.29. The van der Waals surface area contributed by atoms with E-state index in [-0.39, 0.29) is 34.9 Å². The van der Waals surface area contributed by atoms with Crippen molar-refractivity contribution in [1.82, 2.24) is 5.32 Å². The van der Waals surface area contributed by atoms with Crippen molar-refractivity contribution < 1.29 is 18.7 Å². The lowest BCUT2D eigenvalue weighted by Crippen LogP contribution is -2.37. The number of carbonyl (C=O) groups excluding carboxylic acids is 2. The number of para-hydroxylation sites is 1. The summed E-state index contributed by atoms with van der Waals surface area (Å²) in [5, 5.41) is 5.75. The molecule has 6 rings (SSSR count).